The van der Waals surface area contributed by atoms with E-state index in [4.69, 9.17) is 9.47 Å². The van der Waals surface area contributed by atoms with E-state index in [-0.39, 0.29) is 0 Å². The SMILES string of the molecule is CCCCOc1c(C=Cc2nc3ccccc3n2-c2ccc(C(F)(F)F)cn2)cccc1OC. The molecule has 0 saturated heterocycles. The molecule has 0 fully saturated rings. The van der Waals surface area contributed by atoms with Crippen LogP contribution in [0.4, 0.5) is 13.2 Å². The lowest BCUT2D eigenvalue weighted by atomic mass is 10.1. The van der Waals surface area contributed by atoms with Crippen LogP contribution < -0.4 is 9.47 Å². The molecule has 0 amide bonds. The Labute approximate surface area is 195 Å². The van der Waals surface area contributed by atoms with Crippen molar-refractivity contribution < 1.29 is 22.6 Å². The van der Waals surface area contributed by atoms with E-state index in [0.29, 0.717) is 35.3 Å². The fourth-order valence-corrected chi connectivity index (χ4v) is 3.55. The monoisotopic (exact) mass is 467 g/mol. The number of imidazole rings is 1. The Morgan fingerprint density at radius 3 is 2.53 bits per heavy atom. The molecule has 5 nitrogen and oxygen atoms in total. The first-order chi connectivity index (χ1) is 16.4. The maximum Gasteiger partial charge on any atom is 0.417 e. The van der Waals surface area contributed by atoms with Crippen molar-refractivity contribution in [2.45, 2.75) is 25.9 Å². The van der Waals surface area contributed by atoms with E-state index in [1.807, 2.05) is 48.5 Å². The van der Waals surface area contributed by atoms with Gasteiger partial charge in [0, 0.05) is 11.8 Å². The number of pyridine rings is 1. The zero-order chi connectivity index (χ0) is 24.1. The lowest BCUT2D eigenvalue weighted by Crippen LogP contribution is -2.07. The van der Waals surface area contributed by atoms with Gasteiger partial charge in [-0.3, -0.25) is 4.57 Å². The third kappa shape index (κ3) is 4.90. The van der Waals surface area contributed by atoms with Crippen molar-refractivity contribution in [3.8, 4) is 17.3 Å². The summed E-state index contributed by atoms with van der Waals surface area (Å²) in [5.74, 6) is 2.11. The lowest BCUT2D eigenvalue weighted by molar-refractivity contribution is -0.137. The molecule has 0 aliphatic rings. The standard InChI is InChI=1S/C26H24F3N3O2/c1-3-4-16-34-25-18(8-7-11-22(25)33-2)12-14-24-31-20-9-5-6-10-21(20)32(24)23-15-13-19(17-30-23)26(27,28)29/h5-15,17H,3-4,16H2,1-2H3. The Hall–Kier alpha value is -3.81. The molecule has 0 aliphatic carbocycles. The number of nitrogens with zero attached hydrogens (tertiary/aromatic N) is 3. The van der Waals surface area contributed by atoms with Crippen LogP contribution in [-0.2, 0) is 6.18 Å². The number of methoxy groups -OCH3 is 1. The average Bonchev–Trinajstić information content (AvgIpc) is 3.21. The quantitative estimate of drug-likeness (QED) is 0.268. The van der Waals surface area contributed by atoms with Crippen LogP contribution in [0, 0.1) is 0 Å². The summed E-state index contributed by atoms with van der Waals surface area (Å²) >= 11 is 0. The summed E-state index contributed by atoms with van der Waals surface area (Å²) in [5.41, 5.74) is 1.44. The van der Waals surface area contributed by atoms with E-state index in [1.165, 1.54) is 6.07 Å². The van der Waals surface area contributed by atoms with Gasteiger partial charge >= 0.3 is 6.18 Å². The predicted octanol–water partition coefficient (Wildman–Crippen LogP) is 6.80. The maximum atomic E-state index is 13.0. The number of hydrogen-bond acceptors (Lipinski definition) is 4. The second kappa shape index (κ2) is 9.99. The highest BCUT2D eigenvalue weighted by atomic mass is 19.4. The van der Waals surface area contributed by atoms with Crippen molar-refractivity contribution in [3.05, 3.63) is 77.7 Å². The Morgan fingerprint density at radius 2 is 1.82 bits per heavy atom. The molecule has 2 aromatic carbocycles. The summed E-state index contributed by atoms with van der Waals surface area (Å²) in [5, 5.41) is 0. The van der Waals surface area contributed by atoms with Gasteiger partial charge in [0.15, 0.2) is 11.5 Å². The first-order valence-corrected chi connectivity index (χ1v) is 10.9. The lowest BCUT2D eigenvalue weighted by Gasteiger charge is -2.13. The van der Waals surface area contributed by atoms with Crippen LogP contribution >= 0.6 is 0 Å². The molecule has 0 bridgehead atoms. The van der Waals surface area contributed by atoms with Crippen molar-refractivity contribution in [1.29, 1.82) is 0 Å². The molecule has 0 atom stereocenters. The number of benzene rings is 2. The van der Waals surface area contributed by atoms with E-state index < -0.39 is 11.7 Å². The van der Waals surface area contributed by atoms with E-state index >= 15 is 0 Å². The zero-order valence-electron chi connectivity index (χ0n) is 18.8. The molecule has 4 aromatic rings. The number of halogens is 3. The molecule has 2 aromatic heterocycles. The molecule has 0 N–H and O–H groups in total. The van der Waals surface area contributed by atoms with Crippen LogP contribution in [0.1, 0.15) is 36.7 Å². The number of aromatic nitrogens is 3. The smallest absolute Gasteiger partial charge is 0.417 e. The molecule has 4 rings (SSSR count). The minimum Gasteiger partial charge on any atom is -0.493 e. The molecule has 0 unspecified atom stereocenters. The molecule has 0 saturated carbocycles. The van der Waals surface area contributed by atoms with Gasteiger partial charge in [-0.05, 0) is 48.9 Å². The maximum absolute atomic E-state index is 13.0. The Balaban J connectivity index is 1.77. The van der Waals surface area contributed by atoms with E-state index in [2.05, 4.69) is 16.9 Å². The van der Waals surface area contributed by atoms with E-state index in [1.54, 1.807) is 17.8 Å². The van der Waals surface area contributed by atoms with E-state index in [9.17, 15) is 13.2 Å². The molecule has 176 valence electrons. The van der Waals surface area contributed by atoms with Gasteiger partial charge < -0.3 is 9.47 Å². The van der Waals surface area contributed by atoms with Gasteiger partial charge in [-0.15, -0.1) is 0 Å². The van der Waals surface area contributed by atoms with Crippen molar-refractivity contribution in [2.24, 2.45) is 0 Å². The normalized spacial score (nSPS) is 11.9. The molecule has 8 heteroatoms. The van der Waals surface area contributed by atoms with Crippen molar-refractivity contribution >= 4 is 23.2 Å². The first-order valence-electron chi connectivity index (χ1n) is 10.9. The van der Waals surface area contributed by atoms with Crippen LogP contribution in [0.5, 0.6) is 11.5 Å². The van der Waals surface area contributed by atoms with Gasteiger partial charge in [-0.2, -0.15) is 13.2 Å². The first kappa shape index (κ1) is 23.4. The summed E-state index contributed by atoms with van der Waals surface area (Å²) < 4.78 is 52.2. The summed E-state index contributed by atoms with van der Waals surface area (Å²) in [6.45, 7) is 2.65. The molecule has 34 heavy (non-hydrogen) atoms. The number of ether oxygens (including phenoxy) is 2. The number of para-hydroxylation sites is 3. The zero-order valence-corrected chi connectivity index (χ0v) is 18.8. The number of fused-ring (bicyclic) bond motifs is 1. The number of alkyl halides is 3. The van der Waals surface area contributed by atoms with Gasteiger partial charge in [0.25, 0.3) is 0 Å². The average molecular weight is 467 g/mol. The van der Waals surface area contributed by atoms with Gasteiger partial charge in [-0.25, -0.2) is 9.97 Å². The number of unbranched alkanes of at least 4 members (excludes halogenated alkanes) is 1. The summed E-state index contributed by atoms with van der Waals surface area (Å²) in [6, 6.07) is 15.4. The van der Waals surface area contributed by atoms with Crippen LogP contribution in [0.2, 0.25) is 0 Å². The predicted molar refractivity (Wildman–Crippen MR) is 126 cm³/mol. The highest BCUT2D eigenvalue weighted by Gasteiger charge is 2.30. The molecule has 0 spiro atoms. The van der Waals surface area contributed by atoms with Crippen molar-refractivity contribution in [3.63, 3.8) is 0 Å². The summed E-state index contributed by atoms with van der Waals surface area (Å²) in [7, 11) is 1.59. The number of hydrogen-bond donors (Lipinski definition) is 0. The molecular formula is C26H24F3N3O2. The second-order valence-electron chi connectivity index (χ2n) is 7.61. The van der Waals surface area contributed by atoms with Crippen LogP contribution in [0.15, 0.2) is 60.8 Å². The summed E-state index contributed by atoms with van der Waals surface area (Å²) in [4.78, 5) is 8.74. The highest BCUT2D eigenvalue weighted by Crippen LogP contribution is 2.33. The highest BCUT2D eigenvalue weighted by molar-refractivity contribution is 5.82. The van der Waals surface area contributed by atoms with Gasteiger partial charge in [-0.1, -0.05) is 37.6 Å². The second-order valence-corrected chi connectivity index (χ2v) is 7.61. The molecule has 2 heterocycles. The molecule has 0 radical (unpaired) electrons. The van der Waals surface area contributed by atoms with Crippen molar-refractivity contribution in [1.82, 2.24) is 14.5 Å². The van der Waals surface area contributed by atoms with Crippen LogP contribution in [0.3, 0.4) is 0 Å². The van der Waals surface area contributed by atoms with Gasteiger partial charge in [0.1, 0.15) is 11.6 Å². The Morgan fingerprint density at radius 1 is 1.00 bits per heavy atom. The molecule has 0 aliphatic heterocycles. The summed E-state index contributed by atoms with van der Waals surface area (Å²) in [6.07, 6.45) is 1.94. The minimum atomic E-state index is -4.45. The van der Waals surface area contributed by atoms with Crippen LogP contribution in [0.25, 0.3) is 29.0 Å². The molecular weight excluding hydrogens is 443 g/mol. The number of rotatable bonds is 8. The van der Waals surface area contributed by atoms with Crippen LogP contribution in [-0.4, -0.2) is 28.3 Å². The van der Waals surface area contributed by atoms with E-state index in [0.717, 1.165) is 36.2 Å². The fourth-order valence-electron chi connectivity index (χ4n) is 3.55. The minimum absolute atomic E-state index is 0.339. The van der Waals surface area contributed by atoms with Gasteiger partial charge in [0.2, 0.25) is 0 Å². The topological polar surface area (TPSA) is 49.2 Å². The fraction of sp³-hybridized carbons (Fsp3) is 0.231. The third-order valence-electron chi connectivity index (χ3n) is 5.28. The Bertz CT molecular complexity index is 1300. The Kier molecular flexibility index (Phi) is 6.86. The third-order valence-corrected chi connectivity index (χ3v) is 5.28. The van der Waals surface area contributed by atoms with Gasteiger partial charge in [0.05, 0.1) is 30.3 Å². The van der Waals surface area contributed by atoms with Crippen molar-refractivity contribution in [2.75, 3.05) is 13.7 Å². The largest absolute Gasteiger partial charge is 0.493 e.